The fourth-order valence-corrected chi connectivity index (χ4v) is 0.386. The summed E-state index contributed by atoms with van der Waals surface area (Å²) < 4.78 is 0. The first-order valence-corrected chi connectivity index (χ1v) is 2.26. The highest BCUT2D eigenvalue weighted by Gasteiger charge is 1.84. The van der Waals surface area contributed by atoms with Crippen molar-refractivity contribution >= 4 is 0 Å². The van der Waals surface area contributed by atoms with Crippen LogP contribution in [0.15, 0.2) is 12.4 Å². The molecule has 0 unspecified atom stereocenters. The second kappa shape index (κ2) is 1.78. The van der Waals surface area contributed by atoms with Crippen molar-refractivity contribution in [3.8, 4) is 5.75 Å². The van der Waals surface area contributed by atoms with Gasteiger partial charge < -0.3 is 5.11 Å². The van der Waals surface area contributed by atoms with Crippen LogP contribution in [-0.2, 0) is 0 Å². The fraction of sp³-hybridized carbons (Fsp3) is 0.200. The van der Waals surface area contributed by atoms with E-state index in [1.807, 2.05) is 0 Å². The van der Waals surface area contributed by atoms with Gasteiger partial charge in [-0.15, -0.1) is 0 Å². The molecule has 3 nitrogen and oxygen atoms in total. The monoisotopic (exact) mass is 110 g/mol. The molecule has 8 heavy (non-hydrogen) atoms. The van der Waals surface area contributed by atoms with E-state index in [4.69, 9.17) is 5.11 Å². The van der Waals surface area contributed by atoms with Gasteiger partial charge in [-0.3, -0.25) is 0 Å². The first kappa shape index (κ1) is 5.03. The zero-order chi connectivity index (χ0) is 5.98. The van der Waals surface area contributed by atoms with Gasteiger partial charge >= 0.3 is 0 Å². The number of rotatable bonds is 0. The number of aromatic hydroxyl groups is 1. The van der Waals surface area contributed by atoms with Gasteiger partial charge in [0.1, 0.15) is 5.82 Å². The normalized spacial score (nSPS) is 9.12. The van der Waals surface area contributed by atoms with Crippen molar-refractivity contribution in [2.24, 2.45) is 0 Å². The molecule has 0 atom stereocenters. The highest BCUT2D eigenvalue weighted by atomic mass is 16.3. The Bertz CT molecular complexity index is 149. The summed E-state index contributed by atoms with van der Waals surface area (Å²) in [7, 11) is 0. The third kappa shape index (κ3) is 0.932. The first-order chi connectivity index (χ1) is 3.79. The lowest BCUT2D eigenvalue weighted by Gasteiger charge is -1.87. The van der Waals surface area contributed by atoms with Crippen LogP contribution in [-0.4, -0.2) is 15.1 Å². The summed E-state index contributed by atoms with van der Waals surface area (Å²) in [6.07, 6.45) is 2.73. The van der Waals surface area contributed by atoms with Gasteiger partial charge in [0, 0.05) is 0 Å². The van der Waals surface area contributed by atoms with Crippen LogP contribution in [0.4, 0.5) is 0 Å². The van der Waals surface area contributed by atoms with E-state index in [0.29, 0.717) is 5.82 Å². The van der Waals surface area contributed by atoms with Crippen molar-refractivity contribution in [1.82, 2.24) is 9.97 Å². The molecule has 1 rings (SSSR count). The summed E-state index contributed by atoms with van der Waals surface area (Å²) in [4.78, 5) is 7.44. The molecular formula is C5H6N2O. The van der Waals surface area contributed by atoms with Gasteiger partial charge in [0.05, 0.1) is 12.4 Å². The van der Waals surface area contributed by atoms with Gasteiger partial charge in [-0.05, 0) is 6.92 Å². The molecule has 0 saturated heterocycles. The number of aromatic nitrogens is 2. The Morgan fingerprint density at radius 3 is 2.25 bits per heavy atom. The molecule has 0 amide bonds. The van der Waals surface area contributed by atoms with E-state index >= 15 is 0 Å². The van der Waals surface area contributed by atoms with Crippen LogP contribution in [0.1, 0.15) is 5.82 Å². The minimum atomic E-state index is 0.107. The molecule has 0 aromatic carbocycles. The minimum absolute atomic E-state index is 0.107. The number of hydrogen-bond acceptors (Lipinski definition) is 3. The van der Waals surface area contributed by atoms with Crippen LogP contribution < -0.4 is 0 Å². The molecule has 1 N–H and O–H groups in total. The van der Waals surface area contributed by atoms with E-state index in [-0.39, 0.29) is 5.75 Å². The van der Waals surface area contributed by atoms with Crippen molar-refractivity contribution in [3.05, 3.63) is 18.2 Å². The highest BCUT2D eigenvalue weighted by molar-refractivity contribution is 5.08. The van der Waals surface area contributed by atoms with Crippen LogP contribution in [0.5, 0.6) is 5.75 Å². The molecule has 0 fully saturated rings. The molecule has 3 heteroatoms. The predicted octanol–water partition coefficient (Wildman–Crippen LogP) is 0.491. The Morgan fingerprint density at radius 1 is 1.38 bits per heavy atom. The third-order valence-electron chi connectivity index (χ3n) is 0.767. The van der Waals surface area contributed by atoms with Crippen LogP contribution >= 0.6 is 0 Å². The molecular weight excluding hydrogens is 104 g/mol. The molecule has 0 aliphatic heterocycles. The number of nitrogens with zero attached hydrogens (tertiary/aromatic N) is 2. The van der Waals surface area contributed by atoms with Gasteiger partial charge in [0.2, 0.25) is 0 Å². The average molecular weight is 110 g/mol. The summed E-state index contributed by atoms with van der Waals surface area (Å²) in [5.41, 5.74) is 0. The van der Waals surface area contributed by atoms with Gasteiger partial charge in [-0.25, -0.2) is 9.97 Å². The first-order valence-electron chi connectivity index (χ1n) is 2.26. The van der Waals surface area contributed by atoms with Gasteiger partial charge in [-0.1, -0.05) is 0 Å². The van der Waals surface area contributed by atoms with Crippen LogP contribution in [0.25, 0.3) is 0 Å². The van der Waals surface area contributed by atoms with Gasteiger partial charge in [0.15, 0.2) is 5.75 Å². The Morgan fingerprint density at radius 2 is 1.88 bits per heavy atom. The summed E-state index contributed by atoms with van der Waals surface area (Å²) in [5, 5.41) is 8.63. The molecule has 0 saturated carbocycles. The highest BCUT2D eigenvalue weighted by Crippen LogP contribution is 1.99. The quantitative estimate of drug-likeness (QED) is 0.528. The lowest BCUT2D eigenvalue weighted by Crippen LogP contribution is -1.82. The zero-order valence-electron chi connectivity index (χ0n) is 4.50. The predicted molar refractivity (Wildman–Crippen MR) is 28.4 cm³/mol. The topological polar surface area (TPSA) is 46.0 Å². The van der Waals surface area contributed by atoms with Crippen molar-refractivity contribution in [2.45, 2.75) is 6.92 Å². The largest absolute Gasteiger partial charge is 0.505 e. The van der Waals surface area contributed by atoms with Gasteiger partial charge in [0.25, 0.3) is 0 Å². The summed E-state index contributed by atoms with van der Waals surface area (Å²) in [6.45, 7) is 1.76. The molecule has 1 aromatic rings. The van der Waals surface area contributed by atoms with E-state index in [1.54, 1.807) is 6.92 Å². The maximum Gasteiger partial charge on any atom is 0.152 e. The molecule has 0 aliphatic rings. The van der Waals surface area contributed by atoms with Crippen LogP contribution in [0, 0.1) is 6.92 Å². The van der Waals surface area contributed by atoms with E-state index in [1.165, 1.54) is 12.4 Å². The Hall–Kier alpha value is -1.12. The average Bonchev–Trinajstić information content (AvgIpc) is 1.77. The molecule has 0 radical (unpaired) electrons. The van der Waals surface area contributed by atoms with E-state index in [2.05, 4.69) is 9.97 Å². The molecule has 0 bridgehead atoms. The van der Waals surface area contributed by atoms with Crippen molar-refractivity contribution in [2.75, 3.05) is 0 Å². The molecule has 0 aliphatic carbocycles. The summed E-state index contributed by atoms with van der Waals surface area (Å²) >= 11 is 0. The Balaban J connectivity index is 3.03. The fourth-order valence-electron chi connectivity index (χ4n) is 0.386. The second-order valence-electron chi connectivity index (χ2n) is 1.49. The summed E-state index contributed by atoms with van der Waals surface area (Å²) in [5.74, 6) is 0.776. The van der Waals surface area contributed by atoms with Crippen LogP contribution in [0.3, 0.4) is 0 Å². The molecule has 1 heterocycles. The lowest BCUT2D eigenvalue weighted by molar-refractivity contribution is 0.469. The van der Waals surface area contributed by atoms with Crippen molar-refractivity contribution in [3.63, 3.8) is 0 Å². The number of aryl methyl sites for hydroxylation is 1. The lowest BCUT2D eigenvalue weighted by atomic mass is 10.6. The Labute approximate surface area is 47.0 Å². The second-order valence-corrected chi connectivity index (χ2v) is 1.49. The maximum atomic E-state index is 8.63. The standard InChI is InChI=1S/C5H6N2O/c1-4-6-2-5(8)3-7-4/h2-3,8H,1H3. The zero-order valence-corrected chi connectivity index (χ0v) is 4.50. The molecule has 1 aromatic heterocycles. The minimum Gasteiger partial charge on any atom is -0.505 e. The number of hydrogen-bond donors (Lipinski definition) is 1. The van der Waals surface area contributed by atoms with Gasteiger partial charge in [-0.2, -0.15) is 0 Å². The smallest absolute Gasteiger partial charge is 0.152 e. The third-order valence-corrected chi connectivity index (χ3v) is 0.767. The Kier molecular flexibility index (Phi) is 1.12. The van der Waals surface area contributed by atoms with Crippen LogP contribution in [0.2, 0.25) is 0 Å². The molecule has 42 valence electrons. The van der Waals surface area contributed by atoms with Crippen molar-refractivity contribution < 1.29 is 5.11 Å². The van der Waals surface area contributed by atoms with E-state index in [9.17, 15) is 0 Å². The van der Waals surface area contributed by atoms with E-state index in [0.717, 1.165) is 0 Å². The summed E-state index contributed by atoms with van der Waals surface area (Å²) in [6, 6.07) is 0. The molecule has 0 spiro atoms. The SMILES string of the molecule is Cc1ncc(O)cn1. The van der Waals surface area contributed by atoms with Crippen molar-refractivity contribution in [1.29, 1.82) is 0 Å². The van der Waals surface area contributed by atoms with E-state index < -0.39 is 0 Å². The maximum absolute atomic E-state index is 8.63.